The van der Waals surface area contributed by atoms with Crippen LogP contribution >= 0.6 is 23.2 Å². The largest absolute Gasteiger partial charge is 0.492 e. The van der Waals surface area contributed by atoms with Crippen LogP contribution in [0.3, 0.4) is 0 Å². The van der Waals surface area contributed by atoms with Gasteiger partial charge >= 0.3 is 0 Å². The summed E-state index contributed by atoms with van der Waals surface area (Å²) in [6.07, 6.45) is -2.30. The summed E-state index contributed by atoms with van der Waals surface area (Å²) in [7, 11) is -3.93. The molecule has 4 N–H and O–H groups in total. The summed E-state index contributed by atoms with van der Waals surface area (Å²) in [6.45, 7) is 0.839. The molecule has 1 spiro atoms. The summed E-state index contributed by atoms with van der Waals surface area (Å²) >= 11 is 12.2. The van der Waals surface area contributed by atoms with Crippen molar-refractivity contribution in [2.45, 2.75) is 42.6 Å². The smallest absolute Gasteiger partial charge is 0.244 e. The standard InChI is InChI=1S/C23H28Cl2N2O6S/c24-17-6-5-15(7-18(17)25)11-27-12-16(28)10-26-34(31,32)22-4-2-1-3-21(22)33-14-23(13-27)8-19(29)20(30)9-23/h1-7,16,19-20,26,28-30H,8-14H2/t16-,19-,20+,23?/m0/s1. The van der Waals surface area contributed by atoms with Gasteiger partial charge in [0, 0.05) is 31.6 Å². The average Bonchev–Trinajstić information content (AvgIpc) is 3.06. The molecule has 0 aromatic heterocycles. The van der Waals surface area contributed by atoms with Crippen LogP contribution in [0.15, 0.2) is 47.4 Å². The lowest BCUT2D eigenvalue weighted by molar-refractivity contribution is 0.0427. The second-order valence-electron chi connectivity index (χ2n) is 9.20. The first-order valence-electron chi connectivity index (χ1n) is 11.0. The number of aliphatic hydroxyl groups excluding tert-OH is 3. The number of hydrogen-bond acceptors (Lipinski definition) is 7. The Morgan fingerprint density at radius 2 is 1.76 bits per heavy atom. The van der Waals surface area contributed by atoms with E-state index in [0.717, 1.165) is 5.56 Å². The number of nitrogens with one attached hydrogen (secondary N) is 1. The van der Waals surface area contributed by atoms with Crippen LogP contribution in [0, 0.1) is 5.41 Å². The maximum absolute atomic E-state index is 12.9. The van der Waals surface area contributed by atoms with Crippen LogP contribution in [-0.4, -0.2) is 73.2 Å². The van der Waals surface area contributed by atoms with Gasteiger partial charge in [-0.15, -0.1) is 0 Å². The zero-order valence-electron chi connectivity index (χ0n) is 18.4. The Kier molecular flexibility index (Phi) is 7.76. The summed E-state index contributed by atoms with van der Waals surface area (Å²) in [5.41, 5.74) is 0.188. The van der Waals surface area contributed by atoms with Crippen molar-refractivity contribution in [3.63, 3.8) is 0 Å². The van der Waals surface area contributed by atoms with E-state index in [1.807, 2.05) is 11.0 Å². The molecule has 0 amide bonds. The van der Waals surface area contributed by atoms with Gasteiger partial charge in [-0.05, 0) is 42.7 Å². The number of fused-ring (bicyclic) bond motifs is 1. The highest BCUT2D eigenvalue weighted by molar-refractivity contribution is 7.89. The Labute approximate surface area is 209 Å². The van der Waals surface area contributed by atoms with Crippen molar-refractivity contribution in [3.8, 4) is 5.75 Å². The molecule has 186 valence electrons. The predicted molar refractivity (Wildman–Crippen MR) is 129 cm³/mol. The van der Waals surface area contributed by atoms with E-state index in [2.05, 4.69) is 4.72 Å². The zero-order valence-corrected chi connectivity index (χ0v) is 20.7. The number of halogens is 2. The Bertz CT molecular complexity index is 1120. The average molecular weight is 531 g/mol. The van der Waals surface area contributed by atoms with Gasteiger partial charge in [-0.1, -0.05) is 41.4 Å². The third-order valence-corrected chi connectivity index (χ3v) is 8.53. The highest BCUT2D eigenvalue weighted by Crippen LogP contribution is 2.41. The zero-order chi connectivity index (χ0) is 24.5. The minimum atomic E-state index is -3.93. The second-order valence-corrected chi connectivity index (χ2v) is 11.8. The normalized spacial score (nSPS) is 30.2. The number of rotatable bonds is 2. The van der Waals surface area contributed by atoms with E-state index in [4.69, 9.17) is 27.9 Å². The molecule has 1 saturated carbocycles. The fourth-order valence-electron chi connectivity index (χ4n) is 4.76. The van der Waals surface area contributed by atoms with E-state index >= 15 is 0 Å². The molecule has 1 aliphatic carbocycles. The first kappa shape index (κ1) is 25.7. The lowest BCUT2D eigenvalue weighted by Gasteiger charge is -2.37. The molecule has 8 nitrogen and oxygen atoms in total. The number of ether oxygens (including phenoxy) is 1. The van der Waals surface area contributed by atoms with E-state index in [9.17, 15) is 23.7 Å². The van der Waals surface area contributed by atoms with Crippen LogP contribution in [0.4, 0.5) is 0 Å². The summed E-state index contributed by atoms with van der Waals surface area (Å²) in [4.78, 5) is 1.94. The monoisotopic (exact) mass is 530 g/mol. The molecule has 1 fully saturated rings. The first-order valence-corrected chi connectivity index (χ1v) is 13.2. The molecule has 4 atom stereocenters. The second kappa shape index (κ2) is 10.3. The molecule has 0 bridgehead atoms. The van der Waals surface area contributed by atoms with Gasteiger partial charge in [-0.25, -0.2) is 13.1 Å². The summed E-state index contributed by atoms with van der Waals surface area (Å²) in [6, 6.07) is 11.6. The molecule has 2 aromatic rings. The van der Waals surface area contributed by atoms with Crippen molar-refractivity contribution in [2.75, 3.05) is 26.2 Å². The summed E-state index contributed by atoms with van der Waals surface area (Å²) in [5, 5.41) is 32.3. The number of para-hydroxylation sites is 1. The molecule has 1 heterocycles. The molecule has 1 aliphatic heterocycles. The van der Waals surface area contributed by atoms with E-state index in [-0.39, 0.29) is 43.2 Å². The number of benzene rings is 2. The van der Waals surface area contributed by atoms with Crippen LogP contribution in [-0.2, 0) is 16.6 Å². The Balaban J connectivity index is 1.68. The number of aliphatic hydroxyl groups is 3. The van der Waals surface area contributed by atoms with Crippen LogP contribution in [0.25, 0.3) is 0 Å². The van der Waals surface area contributed by atoms with Crippen LogP contribution in [0.2, 0.25) is 10.0 Å². The van der Waals surface area contributed by atoms with Gasteiger partial charge in [0.15, 0.2) is 0 Å². The quantitative estimate of drug-likeness (QED) is 0.468. The third kappa shape index (κ3) is 5.85. The van der Waals surface area contributed by atoms with Gasteiger partial charge < -0.3 is 20.1 Å². The maximum atomic E-state index is 12.9. The van der Waals surface area contributed by atoms with E-state index < -0.39 is 33.8 Å². The molecule has 34 heavy (non-hydrogen) atoms. The van der Waals surface area contributed by atoms with E-state index in [0.29, 0.717) is 23.1 Å². The van der Waals surface area contributed by atoms with Gasteiger partial charge in [-0.3, -0.25) is 4.90 Å². The molecular formula is C23H28Cl2N2O6S. The summed E-state index contributed by atoms with van der Waals surface area (Å²) in [5.74, 6) is 0.177. The van der Waals surface area contributed by atoms with Crippen molar-refractivity contribution in [3.05, 3.63) is 58.1 Å². The van der Waals surface area contributed by atoms with Gasteiger partial charge in [0.1, 0.15) is 10.6 Å². The van der Waals surface area contributed by atoms with Crippen LogP contribution in [0.1, 0.15) is 18.4 Å². The molecule has 11 heteroatoms. The minimum Gasteiger partial charge on any atom is -0.492 e. The van der Waals surface area contributed by atoms with Crippen molar-refractivity contribution in [2.24, 2.45) is 5.41 Å². The van der Waals surface area contributed by atoms with Gasteiger partial charge in [-0.2, -0.15) is 0 Å². The van der Waals surface area contributed by atoms with Crippen molar-refractivity contribution >= 4 is 33.2 Å². The lowest BCUT2D eigenvalue weighted by Crippen LogP contribution is -2.46. The lowest BCUT2D eigenvalue weighted by atomic mass is 9.85. The molecule has 4 rings (SSSR count). The number of nitrogens with zero attached hydrogens (tertiary/aromatic N) is 1. The molecule has 1 unspecified atom stereocenters. The van der Waals surface area contributed by atoms with Crippen LogP contribution in [0.5, 0.6) is 5.75 Å². The topological polar surface area (TPSA) is 119 Å². The summed E-state index contributed by atoms with van der Waals surface area (Å²) < 4.78 is 34.3. The number of sulfonamides is 1. The van der Waals surface area contributed by atoms with Gasteiger partial charge in [0.05, 0.1) is 35.0 Å². The Morgan fingerprint density at radius 3 is 2.47 bits per heavy atom. The molecule has 0 radical (unpaired) electrons. The van der Waals surface area contributed by atoms with Crippen molar-refractivity contribution < 1.29 is 28.5 Å². The predicted octanol–water partition coefficient (Wildman–Crippen LogP) is 2.03. The van der Waals surface area contributed by atoms with E-state index in [1.165, 1.54) is 6.07 Å². The van der Waals surface area contributed by atoms with E-state index in [1.54, 1.807) is 30.3 Å². The number of β-amino-alcohol motifs (C(OH)–C–C–N with tert-alkyl or cyclic N) is 1. The van der Waals surface area contributed by atoms with Gasteiger partial charge in [0.25, 0.3) is 0 Å². The fraction of sp³-hybridized carbons (Fsp3) is 0.478. The molecule has 2 aromatic carbocycles. The van der Waals surface area contributed by atoms with Crippen molar-refractivity contribution in [1.82, 2.24) is 9.62 Å². The number of hydrogen-bond donors (Lipinski definition) is 4. The maximum Gasteiger partial charge on any atom is 0.244 e. The minimum absolute atomic E-state index is 0.0234. The third-order valence-electron chi connectivity index (χ3n) is 6.33. The SMILES string of the molecule is O=S1(=O)NC[C@H](O)CN(Cc2ccc(Cl)c(Cl)c2)CC2(COc3ccccc31)C[C@@H](O)[C@@H](O)C2. The van der Waals surface area contributed by atoms with Crippen molar-refractivity contribution in [1.29, 1.82) is 0 Å². The Hall–Kier alpha value is -1.43. The molecule has 2 aliphatic rings. The Morgan fingerprint density at radius 1 is 1.06 bits per heavy atom. The molecule has 0 saturated heterocycles. The van der Waals surface area contributed by atoms with Crippen LogP contribution < -0.4 is 9.46 Å². The fourth-order valence-corrected chi connectivity index (χ4v) is 6.30. The highest BCUT2D eigenvalue weighted by atomic mass is 35.5. The molecular weight excluding hydrogens is 503 g/mol. The van der Waals surface area contributed by atoms with Gasteiger partial charge in [0.2, 0.25) is 10.0 Å². The first-order chi connectivity index (χ1) is 16.1. The highest BCUT2D eigenvalue weighted by Gasteiger charge is 2.46.